The lowest BCUT2D eigenvalue weighted by Gasteiger charge is -2.44. The summed E-state index contributed by atoms with van der Waals surface area (Å²) < 4.78 is 6.42. The maximum atomic E-state index is 10.8. The van der Waals surface area contributed by atoms with Gasteiger partial charge in [-0.3, -0.25) is 0 Å². The highest BCUT2D eigenvalue weighted by Crippen LogP contribution is 2.52. The van der Waals surface area contributed by atoms with E-state index in [4.69, 9.17) is 4.74 Å². The minimum Gasteiger partial charge on any atom is -0.507 e. The molecule has 0 bridgehead atoms. The third-order valence-corrected chi connectivity index (χ3v) is 5.83. The standard InChI is InChI=1S/C22H32O2/c1-5-6-7-10-16-13-19(23)21-17-12-15(2)9-8-11-18(17)22(3,4)24-20(21)14-16/h12-14,17-18,23H,5-11H2,1-4H3/t17-,18?/m1/s1. The molecule has 1 aromatic rings. The predicted molar refractivity (Wildman–Crippen MR) is 99.9 cm³/mol. The molecule has 3 rings (SSSR count). The van der Waals surface area contributed by atoms with Gasteiger partial charge in [0.05, 0.1) is 0 Å². The molecule has 2 heteroatoms. The third-order valence-electron chi connectivity index (χ3n) is 5.83. The summed E-state index contributed by atoms with van der Waals surface area (Å²) in [5.74, 6) is 2.03. The Labute approximate surface area is 146 Å². The van der Waals surface area contributed by atoms with E-state index in [2.05, 4.69) is 39.8 Å². The van der Waals surface area contributed by atoms with Gasteiger partial charge in [0.1, 0.15) is 17.1 Å². The number of hydrogen-bond donors (Lipinski definition) is 1. The Morgan fingerprint density at radius 1 is 1.25 bits per heavy atom. The van der Waals surface area contributed by atoms with Crippen molar-refractivity contribution in [3.05, 3.63) is 34.9 Å². The van der Waals surface area contributed by atoms with Crippen molar-refractivity contribution in [1.29, 1.82) is 0 Å². The van der Waals surface area contributed by atoms with Crippen LogP contribution < -0.4 is 4.74 Å². The van der Waals surface area contributed by atoms with Crippen molar-refractivity contribution in [2.24, 2.45) is 5.92 Å². The van der Waals surface area contributed by atoms with Gasteiger partial charge in [0.25, 0.3) is 0 Å². The maximum Gasteiger partial charge on any atom is 0.127 e. The summed E-state index contributed by atoms with van der Waals surface area (Å²) in [7, 11) is 0. The summed E-state index contributed by atoms with van der Waals surface area (Å²) in [6.07, 6.45) is 10.5. The zero-order valence-corrected chi connectivity index (χ0v) is 15.7. The number of benzene rings is 1. The number of phenolic OH excluding ortho intramolecular Hbond substituents is 1. The van der Waals surface area contributed by atoms with Crippen LogP contribution in [0.4, 0.5) is 0 Å². The topological polar surface area (TPSA) is 29.5 Å². The van der Waals surface area contributed by atoms with Crippen LogP contribution >= 0.6 is 0 Å². The molecule has 1 unspecified atom stereocenters. The Morgan fingerprint density at radius 2 is 2.04 bits per heavy atom. The SMILES string of the molecule is CCCCCc1cc(O)c2c(c1)OC(C)(C)C1CCCC(C)=C[C@@H]21. The molecule has 0 amide bonds. The number of aryl methyl sites for hydroxylation is 1. The number of hydrogen-bond acceptors (Lipinski definition) is 2. The number of ether oxygens (including phenoxy) is 1. The van der Waals surface area contributed by atoms with E-state index < -0.39 is 0 Å². The van der Waals surface area contributed by atoms with E-state index in [1.165, 1.54) is 36.8 Å². The van der Waals surface area contributed by atoms with Crippen molar-refractivity contribution in [3.8, 4) is 11.5 Å². The van der Waals surface area contributed by atoms with Crippen LogP contribution in [-0.2, 0) is 6.42 Å². The first-order valence-corrected chi connectivity index (χ1v) is 9.64. The fraction of sp³-hybridized carbons (Fsp3) is 0.636. The van der Waals surface area contributed by atoms with E-state index in [0.29, 0.717) is 11.7 Å². The quantitative estimate of drug-likeness (QED) is 0.532. The van der Waals surface area contributed by atoms with Crippen molar-refractivity contribution in [2.45, 2.75) is 84.2 Å². The molecule has 1 aliphatic carbocycles. The van der Waals surface area contributed by atoms with Gasteiger partial charge >= 0.3 is 0 Å². The van der Waals surface area contributed by atoms with Gasteiger partial charge in [-0.1, -0.05) is 31.4 Å². The summed E-state index contributed by atoms with van der Waals surface area (Å²) in [5.41, 5.74) is 3.47. The molecule has 132 valence electrons. The molecule has 24 heavy (non-hydrogen) atoms. The third kappa shape index (κ3) is 3.34. The van der Waals surface area contributed by atoms with E-state index in [-0.39, 0.29) is 11.5 Å². The lowest BCUT2D eigenvalue weighted by atomic mass is 9.72. The van der Waals surface area contributed by atoms with Crippen LogP contribution in [0.2, 0.25) is 0 Å². The van der Waals surface area contributed by atoms with Crippen LogP contribution in [0.15, 0.2) is 23.8 Å². The Bertz CT molecular complexity index is 627. The Hall–Kier alpha value is -1.44. The highest BCUT2D eigenvalue weighted by molar-refractivity contribution is 5.53. The fourth-order valence-electron chi connectivity index (χ4n) is 4.52. The molecular weight excluding hydrogens is 296 g/mol. The monoisotopic (exact) mass is 328 g/mol. The van der Waals surface area contributed by atoms with E-state index in [0.717, 1.165) is 30.6 Å². The number of aromatic hydroxyl groups is 1. The van der Waals surface area contributed by atoms with Crippen LogP contribution in [-0.4, -0.2) is 10.7 Å². The van der Waals surface area contributed by atoms with Gasteiger partial charge in [0.15, 0.2) is 0 Å². The average molecular weight is 328 g/mol. The molecule has 1 aliphatic heterocycles. The van der Waals surface area contributed by atoms with Crippen LogP contribution in [0.1, 0.15) is 83.3 Å². The van der Waals surface area contributed by atoms with Gasteiger partial charge in [0.2, 0.25) is 0 Å². The first kappa shape index (κ1) is 17.4. The molecule has 0 saturated carbocycles. The van der Waals surface area contributed by atoms with Gasteiger partial charge in [-0.25, -0.2) is 0 Å². The lowest BCUT2D eigenvalue weighted by molar-refractivity contribution is 0.0135. The number of unbranched alkanes of at least 4 members (excludes halogenated alkanes) is 2. The van der Waals surface area contributed by atoms with Gasteiger partial charge < -0.3 is 9.84 Å². The fourth-order valence-corrected chi connectivity index (χ4v) is 4.52. The number of allylic oxidation sites excluding steroid dienone is 2. The van der Waals surface area contributed by atoms with Crippen LogP contribution in [0.3, 0.4) is 0 Å². The molecule has 0 radical (unpaired) electrons. The average Bonchev–Trinajstić information content (AvgIpc) is 2.68. The van der Waals surface area contributed by atoms with E-state index in [9.17, 15) is 5.11 Å². The summed E-state index contributed by atoms with van der Waals surface area (Å²) >= 11 is 0. The summed E-state index contributed by atoms with van der Waals surface area (Å²) in [6, 6.07) is 4.15. The molecule has 1 heterocycles. The minimum absolute atomic E-state index is 0.187. The van der Waals surface area contributed by atoms with Crippen LogP contribution in [0.5, 0.6) is 11.5 Å². The van der Waals surface area contributed by atoms with E-state index in [1.54, 1.807) is 0 Å². The Balaban J connectivity index is 2.00. The number of fused-ring (bicyclic) bond motifs is 3. The maximum absolute atomic E-state index is 10.8. The highest BCUT2D eigenvalue weighted by Gasteiger charge is 2.44. The van der Waals surface area contributed by atoms with Crippen molar-refractivity contribution >= 4 is 0 Å². The van der Waals surface area contributed by atoms with Crippen molar-refractivity contribution in [2.75, 3.05) is 0 Å². The van der Waals surface area contributed by atoms with Crippen molar-refractivity contribution < 1.29 is 9.84 Å². The number of rotatable bonds is 4. The van der Waals surface area contributed by atoms with E-state index >= 15 is 0 Å². The first-order chi connectivity index (χ1) is 11.4. The number of phenols is 1. The predicted octanol–water partition coefficient (Wildman–Crippen LogP) is 6.13. The van der Waals surface area contributed by atoms with Gasteiger partial charge in [-0.15, -0.1) is 0 Å². The lowest BCUT2D eigenvalue weighted by Crippen LogP contribution is -2.44. The van der Waals surface area contributed by atoms with Crippen molar-refractivity contribution in [1.82, 2.24) is 0 Å². The second-order valence-electron chi connectivity index (χ2n) is 8.23. The minimum atomic E-state index is -0.187. The second-order valence-corrected chi connectivity index (χ2v) is 8.23. The molecule has 0 fully saturated rings. The molecular formula is C22H32O2. The van der Waals surface area contributed by atoms with Gasteiger partial charge in [-0.05, 0) is 70.6 Å². The molecule has 0 aromatic heterocycles. The molecule has 2 aliphatic rings. The first-order valence-electron chi connectivity index (χ1n) is 9.64. The van der Waals surface area contributed by atoms with Crippen molar-refractivity contribution in [3.63, 3.8) is 0 Å². The molecule has 0 spiro atoms. The molecule has 1 N–H and O–H groups in total. The zero-order chi connectivity index (χ0) is 17.3. The molecule has 2 atom stereocenters. The Kier molecular flexibility index (Phi) is 4.94. The van der Waals surface area contributed by atoms with Crippen LogP contribution in [0.25, 0.3) is 0 Å². The smallest absolute Gasteiger partial charge is 0.127 e. The van der Waals surface area contributed by atoms with Gasteiger partial charge in [0, 0.05) is 17.4 Å². The molecule has 1 aromatic carbocycles. The summed E-state index contributed by atoms with van der Waals surface area (Å²) in [5, 5.41) is 10.8. The van der Waals surface area contributed by atoms with Crippen LogP contribution in [0, 0.1) is 5.92 Å². The van der Waals surface area contributed by atoms with E-state index in [1.807, 2.05) is 6.07 Å². The molecule has 2 nitrogen and oxygen atoms in total. The summed E-state index contributed by atoms with van der Waals surface area (Å²) in [6.45, 7) is 8.86. The molecule has 0 saturated heterocycles. The highest BCUT2D eigenvalue weighted by atomic mass is 16.5. The summed E-state index contributed by atoms with van der Waals surface area (Å²) in [4.78, 5) is 0. The normalized spacial score (nSPS) is 25.1. The van der Waals surface area contributed by atoms with Gasteiger partial charge in [-0.2, -0.15) is 0 Å². The zero-order valence-electron chi connectivity index (χ0n) is 15.7. The Morgan fingerprint density at radius 3 is 2.79 bits per heavy atom. The second kappa shape index (κ2) is 6.82. The largest absolute Gasteiger partial charge is 0.507 e.